The van der Waals surface area contributed by atoms with E-state index in [4.69, 9.17) is 28.9 Å². The van der Waals surface area contributed by atoms with E-state index in [-0.39, 0.29) is 11.8 Å². The van der Waals surface area contributed by atoms with Crippen LogP contribution < -0.4 is 5.73 Å². The highest BCUT2D eigenvalue weighted by atomic mass is 35.5. The second kappa shape index (κ2) is 6.79. The third kappa shape index (κ3) is 4.11. The van der Waals surface area contributed by atoms with Crippen LogP contribution in [0, 0.1) is 5.92 Å². The first-order valence-electron chi connectivity index (χ1n) is 6.94. The number of halogens is 2. The Bertz CT molecular complexity index is 489. The zero-order valence-electron chi connectivity index (χ0n) is 11.6. The molecule has 0 bridgehead atoms. The standard InChI is InChI=1S/C15H20Cl2N2O/c1-10(8-18)6-15(20)19(12-3-4-12)9-11-2-5-13(16)14(17)7-11/h2,5,7,10,12H,3-4,6,8-9,18H2,1H3. The molecule has 0 saturated heterocycles. The van der Waals surface area contributed by atoms with Crippen LogP contribution in [-0.2, 0) is 11.3 Å². The lowest BCUT2D eigenvalue weighted by Gasteiger charge is -2.24. The van der Waals surface area contributed by atoms with Gasteiger partial charge in [0.2, 0.25) is 5.91 Å². The third-order valence-electron chi connectivity index (χ3n) is 3.57. The van der Waals surface area contributed by atoms with Crippen LogP contribution >= 0.6 is 23.2 Å². The molecule has 1 aliphatic rings. The quantitative estimate of drug-likeness (QED) is 0.874. The van der Waals surface area contributed by atoms with Gasteiger partial charge in [-0.15, -0.1) is 0 Å². The van der Waals surface area contributed by atoms with Gasteiger partial charge in [-0.2, -0.15) is 0 Å². The van der Waals surface area contributed by atoms with Crippen molar-refractivity contribution in [2.24, 2.45) is 11.7 Å². The number of hydrogen-bond donors (Lipinski definition) is 1. The van der Waals surface area contributed by atoms with Gasteiger partial charge in [0.25, 0.3) is 0 Å². The van der Waals surface area contributed by atoms with Gasteiger partial charge in [-0.05, 0) is 43.0 Å². The maximum atomic E-state index is 12.4. The van der Waals surface area contributed by atoms with Crippen molar-refractivity contribution in [1.82, 2.24) is 4.90 Å². The van der Waals surface area contributed by atoms with Gasteiger partial charge >= 0.3 is 0 Å². The average Bonchev–Trinajstić information content (AvgIpc) is 3.24. The predicted molar refractivity (Wildman–Crippen MR) is 82.9 cm³/mol. The van der Waals surface area contributed by atoms with Crippen LogP contribution in [-0.4, -0.2) is 23.4 Å². The van der Waals surface area contributed by atoms with E-state index in [1.54, 1.807) is 6.07 Å². The number of amides is 1. The minimum Gasteiger partial charge on any atom is -0.335 e. The Morgan fingerprint density at radius 2 is 2.10 bits per heavy atom. The summed E-state index contributed by atoms with van der Waals surface area (Å²) in [4.78, 5) is 14.3. The van der Waals surface area contributed by atoms with E-state index in [9.17, 15) is 4.79 Å². The minimum atomic E-state index is 0.177. The first kappa shape index (κ1) is 15.6. The van der Waals surface area contributed by atoms with Gasteiger partial charge in [-0.25, -0.2) is 0 Å². The van der Waals surface area contributed by atoms with E-state index >= 15 is 0 Å². The van der Waals surface area contributed by atoms with E-state index in [1.165, 1.54) is 0 Å². The fourth-order valence-electron chi connectivity index (χ4n) is 2.14. The Morgan fingerprint density at radius 1 is 1.40 bits per heavy atom. The summed E-state index contributed by atoms with van der Waals surface area (Å²) < 4.78 is 0. The molecule has 2 N–H and O–H groups in total. The average molecular weight is 315 g/mol. The molecule has 1 fully saturated rings. The van der Waals surface area contributed by atoms with Gasteiger partial charge in [0, 0.05) is 19.0 Å². The van der Waals surface area contributed by atoms with Crippen LogP contribution in [0.3, 0.4) is 0 Å². The first-order chi connectivity index (χ1) is 9.51. The Morgan fingerprint density at radius 3 is 2.65 bits per heavy atom. The number of nitrogens with two attached hydrogens (primary N) is 1. The Kier molecular flexibility index (Phi) is 5.30. The molecule has 3 nitrogen and oxygen atoms in total. The molecule has 0 aliphatic heterocycles. The summed E-state index contributed by atoms with van der Waals surface area (Å²) in [6.07, 6.45) is 2.68. The SMILES string of the molecule is CC(CN)CC(=O)N(Cc1ccc(Cl)c(Cl)c1)C1CC1. The number of carbonyl (C=O) groups is 1. The molecule has 0 spiro atoms. The lowest BCUT2D eigenvalue weighted by atomic mass is 10.1. The molecule has 0 aromatic heterocycles. The molecule has 2 rings (SSSR count). The highest BCUT2D eigenvalue weighted by Crippen LogP contribution is 2.30. The van der Waals surface area contributed by atoms with Crippen molar-refractivity contribution in [3.05, 3.63) is 33.8 Å². The molecule has 5 heteroatoms. The molecule has 20 heavy (non-hydrogen) atoms. The summed E-state index contributed by atoms with van der Waals surface area (Å²) in [5.41, 5.74) is 6.61. The van der Waals surface area contributed by atoms with Crippen molar-refractivity contribution in [3.63, 3.8) is 0 Å². The first-order valence-corrected chi connectivity index (χ1v) is 7.70. The lowest BCUT2D eigenvalue weighted by Crippen LogP contribution is -2.34. The Labute approximate surface area is 130 Å². The Balaban J connectivity index is 2.05. The van der Waals surface area contributed by atoms with Crippen molar-refractivity contribution in [2.45, 2.75) is 38.8 Å². The number of benzene rings is 1. The van der Waals surface area contributed by atoms with Crippen LogP contribution in [0.2, 0.25) is 10.0 Å². The summed E-state index contributed by atoms with van der Waals surface area (Å²) in [6, 6.07) is 5.90. The van der Waals surface area contributed by atoms with Crippen LogP contribution in [0.25, 0.3) is 0 Å². The second-order valence-corrected chi connectivity index (χ2v) is 6.36. The molecule has 1 amide bonds. The zero-order valence-corrected chi connectivity index (χ0v) is 13.1. The summed E-state index contributed by atoms with van der Waals surface area (Å²) >= 11 is 11.9. The molecular weight excluding hydrogens is 295 g/mol. The third-order valence-corrected chi connectivity index (χ3v) is 4.31. The smallest absolute Gasteiger partial charge is 0.223 e. The predicted octanol–water partition coefficient (Wildman–Crippen LogP) is 3.47. The molecule has 1 saturated carbocycles. The number of nitrogens with zero attached hydrogens (tertiary/aromatic N) is 1. The van der Waals surface area contributed by atoms with Crippen molar-refractivity contribution in [1.29, 1.82) is 0 Å². The largest absolute Gasteiger partial charge is 0.335 e. The monoisotopic (exact) mass is 314 g/mol. The molecule has 110 valence electrons. The highest BCUT2D eigenvalue weighted by molar-refractivity contribution is 6.42. The highest BCUT2D eigenvalue weighted by Gasteiger charge is 2.32. The maximum absolute atomic E-state index is 12.4. The fraction of sp³-hybridized carbons (Fsp3) is 0.533. The number of rotatable bonds is 6. The molecule has 1 aliphatic carbocycles. The van der Waals surface area contributed by atoms with E-state index in [1.807, 2.05) is 24.0 Å². The second-order valence-electron chi connectivity index (χ2n) is 5.55. The zero-order chi connectivity index (χ0) is 14.7. The van der Waals surface area contributed by atoms with Crippen molar-refractivity contribution >= 4 is 29.1 Å². The summed E-state index contributed by atoms with van der Waals surface area (Å²) in [6.45, 7) is 3.14. The van der Waals surface area contributed by atoms with Crippen molar-refractivity contribution in [2.75, 3.05) is 6.54 Å². The van der Waals surface area contributed by atoms with E-state index in [0.29, 0.717) is 35.6 Å². The number of carbonyl (C=O) groups excluding carboxylic acids is 1. The van der Waals surface area contributed by atoms with Gasteiger partial charge < -0.3 is 10.6 Å². The fourth-order valence-corrected chi connectivity index (χ4v) is 2.46. The number of hydrogen-bond acceptors (Lipinski definition) is 2. The lowest BCUT2D eigenvalue weighted by molar-refractivity contribution is -0.133. The minimum absolute atomic E-state index is 0.177. The molecule has 1 aromatic carbocycles. The van der Waals surface area contributed by atoms with Gasteiger partial charge in [-0.1, -0.05) is 36.2 Å². The molecule has 1 aromatic rings. The molecule has 1 atom stereocenters. The summed E-state index contributed by atoms with van der Waals surface area (Å²) in [5.74, 6) is 0.397. The van der Waals surface area contributed by atoms with Gasteiger partial charge in [0.05, 0.1) is 10.0 Å². The van der Waals surface area contributed by atoms with Gasteiger partial charge in [0.1, 0.15) is 0 Å². The maximum Gasteiger partial charge on any atom is 0.223 e. The molecular formula is C15H20Cl2N2O. The van der Waals surface area contributed by atoms with E-state index < -0.39 is 0 Å². The van der Waals surface area contributed by atoms with Crippen LogP contribution in [0.4, 0.5) is 0 Å². The van der Waals surface area contributed by atoms with Crippen LogP contribution in [0.1, 0.15) is 31.7 Å². The molecule has 1 unspecified atom stereocenters. The van der Waals surface area contributed by atoms with E-state index in [2.05, 4.69) is 0 Å². The van der Waals surface area contributed by atoms with Crippen molar-refractivity contribution < 1.29 is 4.79 Å². The van der Waals surface area contributed by atoms with Crippen LogP contribution in [0.5, 0.6) is 0 Å². The molecule has 0 radical (unpaired) electrons. The van der Waals surface area contributed by atoms with Crippen LogP contribution in [0.15, 0.2) is 18.2 Å². The Hall–Kier alpha value is -0.770. The topological polar surface area (TPSA) is 46.3 Å². The van der Waals surface area contributed by atoms with Gasteiger partial charge in [-0.3, -0.25) is 4.79 Å². The van der Waals surface area contributed by atoms with E-state index in [0.717, 1.165) is 18.4 Å². The summed E-state index contributed by atoms with van der Waals surface area (Å²) in [7, 11) is 0. The van der Waals surface area contributed by atoms with Gasteiger partial charge in [0.15, 0.2) is 0 Å². The normalized spacial score (nSPS) is 16.0. The molecule has 0 heterocycles. The summed E-state index contributed by atoms with van der Waals surface area (Å²) in [5, 5.41) is 1.07. The van der Waals surface area contributed by atoms with Crippen molar-refractivity contribution in [3.8, 4) is 0 Å².